The van der Waals surface area contributed by atoms with E-state index in [1.165, 1.54) is 41.8 Å². The number of aromatic nitrogens is 3. The first-order chi connectivity index (χ1) is 15.2. The normalized spacial score (nSPS) is 11.4. The van der Waals surface area contributed by atoms with E-state index in [0.717, 1.165) is 22.2 Å². The molecule has 0 spiro atoms. The molecule has 0 aliphatic rings. The van der Waals surface area contributed by atoms with E-state index in [1.54, 1.807) is 0 Å². The van der Waals surface area contributed by atoms with Gasteiger partial charge in [-0.2, -0.15) is 0 Å². The molecule has 3 heterocycles. The molecule has 0 saturated heterocycles. The van der Waals surface area contributed by atoms with E-state index >= 15 is 0 Å². The number of hydrogen-bond donors (Lipinski definition) is 1. The Labute approximate surface area is 188 Å². The van der Waals surface area contributed by atoms with Crippen molar-refractivity contribution in [2.75, 3.05) is 5.32 Å². The van der Waals surface area contributed by atoms with Crippen LogP contribution in [0.1, 0.15) is 25.0 Å². The monoisotopic (exact) mass is 452 g/mol. The van der Waals surface area contributed by atoms with Gasteiger partial charge in [-0.3, -0.25) is 18.7 Å². The minimum atomic E-state index is -0.489. The van der Waals surface area contributed by atoms with Gasteiger partial charge in [0.1, 0.15) is 5.39 Å². The Morgan fingerprint density at radius 3 is 2.56 bits per heavy atom. The van der Waals surface area contributed by atoms with Gasteiger partial charge < -0.3 is 9.73 Å². The van der Waals surface area contributed by atoms with Gasteiger partial charge in [0.25, 0.3) is 5.56 Å². The number of amides is 1. The Kier molecular flexibility index (Phi) is 5.84. The largest absolute Gasteiger partial charge is 0.447 e. The van der Waals surface area contributed by atoms with Crippen LogP contribution < -0.4 is 16.6 Å². The van der Waals surface area contributed by atoms with Crippen LogP contribution in [0.4, 0.5) is 5.13 Å². The second-order valence-electron chi connectivity index (χ2n) is 8.20. The molecule has 4 aromatic rings. The summed E-state index contributed by atoms with van der Waals surface area (Å²) in [6, 6.07) is 8.28. The minimum Gasteiger partial charge on any atom is -0.447 e. The summed E-state index contributed by atoms with van der Waals surface area (Å²) >= 11 is 1.34. The fraction of sp³-hybridized carbons (Fsp3) is 0.304. The van der Waals surface area contributed by atoms with Gasteiger partial charge in [-0.05, 0) is 17.9 Å². The van der Waals surface area contributed by atoms with Crippen LogP contribution in [0, 0.1) is 5.92 Å². The zero-order valence-electron chi connectivity index (χ0n) is 18.3. The fourth-order valence-electron chi connectivity index (χ4n) is 3.64. The third-order valence-electron chi connectivity index (χ3n) is 5.24. The highest BCUT2D eigenvalue weighted by atomic mass is 32.1. The molecule has 1 amide bonds. The Morgan fingerprint density at radius 1 is 1.16 bits per heavy atom. The Balaban J connectivity index is 1.50. The van der Waals surface area contributed by atoms with Gasteiger partial charge >= 0.3 is 5.69 Å². The standard InChI is InChI=1S/C23H24N4O4S/c1-13(2)9-14-5-7-15(8-6-14)17-12-32-22(24-17)25-18(28)10-16-11-31-21-19(16)20(29)26(3)23(30)27(21)4/h5-8,11-13H,9-10H2,1-4H3,(H,24,25,28). The highest BCUT2D eigenvalue weighted by Crippen LogP contribution is 2.26. The number of hydrogen-bond acceptors (Lipinski definition) is 6. The molecule has 0 saturated carbocycles. The summed E-state index contributed by atoms with van der Waals surface area (Å²) in [6.45, 7) is 4.38. The summed E-state index contributed by atoms with van der Waals surface area (Å²) in [6.07, 6.45) is 2.30. The number of fused-ring (bicyclic) bond motifs is 1. The summed E-state index contributed by atoms with van der Waals surface area (Å²) < 4.78 is 7.65. The molecular weight excluding hydrogens is 428 g/mol. The molecule has 1 N–H and O–H groups in total. The lowest BCUT2D eigenvalue weighted by atomic mass is 10.0. The van der Waals surface area contributed by atoms with Crippen LogP contribution in [0.15, 0.2) is 49.9 Å². The topological polar surface area (TPSA) is 99.1 Å². The lowest BCUT2D eigenvalue weighted by molar-refractivity contribution is -0.115. The number of anilines is 1. The second-order valence-corrected chi connectivity index (χ2v) is 9.06. The molecule has 3 aromatic heterocycles. The first-order valence-electron chi connectivity index (χ1n) is 10.3. The van der Waals surface area contributed by atoms with Crippen LogP contribution in [0.3, 0.4) is 0 Å². The predicted molar refractivity (Wildman–Crippen MR) is 125 cm³/mol. The molecule has 0 radical (unpaired) electrons. The van der Waals surface area contributed by atoms with E-state index in [1.807, 2.05) is 17.5 Å². The van der Waals surface area contributed by atoms with Crippen molar-refractivity contribution in [2.24, 2.45) is 20.0 Å². The van der Waals surface area contributed by atoms with Gasteiger partial charge in [0.15, 0.2) is 5.13 Å². The number of benzene rings is 1. The molecule has 0 aliphatic carbocycles. The number of nitrogens with zero attached hydrogens (tertiary/aromatic N) is 3. The minimum absolute atomic E-state index is 0.0702. The fourth-order valence-corrected chi connectivity index (χ4v) is 4.37. The average Bonchev–Trinajstić information content (AvgIpc) is 3.38. The molecule has 0 atom stereocenters. The van der Waals surface area contributed by atoms with Crippen LogP contribution in [-0.2, 0) is 31.7 Å². The Hall–Kier alpha value is -3.46. The van der Waals surface area contributed by atoms with E-state index < -0.39 is 11.2 Å². The molecule has 32 heavy (non-hydrogen) atoms. The summed E-state index contributed by atoms with van der Waals surface area (Å²) in [4.78, 5) is 41.7. The molecule has 0 fully saturated rings. The van der Waals surface area contributed by atoms with Crippen LogP contribution >= 0.6 is 11.3 Å². The maximum absolute atomic E-state index is 12.6. The van der Waals surface area contributed by atoms with E-state index in [-0.39, 0.29) is 23.4 Å². The number of rotatable bonds is 6. The molecular formula is C23H24N4O4S. The third-order valence-corrected chi connectivity index (χ3v) is 6.00. The Bertz CT molecular complexity index is 1410. The van der Waals surface area contributed by atoms with Crippen molar-refractivity contribution in [3.63, 3.8) is 0 Å². The van der Waals surface area contributed by atoms with Crippen molar-refractivity contribution in [3.05, 3.63) is 67.9 Å². The lowest BCUT2D eigenvalue weighted by Gasteiger charge is -2.05. The summed E-state index contributed by atoms with van der Waals surface area (Å²) in [5.41, 5.74) is 2.66. The van der Waals surface area contributed by atoms with Crippen molar-refractivity contribution in [3.8, 4) is 11.3 Å². The number of furan rings is 1. The number of thiazole rings is 1. The number of carbonyl (C=O) groups excluding carboxylic acids is 1. The molecule has 9 heteroatoms. The van der Waals surface area contributed by atoms with Crippen LogP contribution in [0.25, 0.3) is 22.4 Å². The van der Waals surface area contributed by atoms with Gasteiger partial charge in [0, 0.05) is 30.6 Å². The maximum Gasteiger partial charge on any atom is 0.333 e. The molecule has 166 valence electrons. The number of carbonyl (C=O) groups is 1. The summed E-state index contributed by atoms with van der Waals surface area (Å²) in [5, 5.41) is 5.38. The quantitative estimate of drug-likeness (QED) is 0.484. The second kappa shape index (κ2) is 8.58. The SMILES string of the molecule is CC(C)Cc1ccc(-c2csc(NC(=O)Cc3coc4c3c(=O)n(C)c(=O)n4C)n2)cc1. The Morgan fingerprint density at radius 2 is 1.88 bits per heavy atom. The average molecular weight is 453 g/mol. The van der Waals surface area contributed by atoms with Gasteiger partial charge in [0.05, 0.1) is 18.4 Å². The third kappa shape index (κ3) is 4.16. The molecule has 8 nitrogen and oxygen atoms in total. The van der Waals surface area contributed by atoms with E-state index in [9.17, 15) is 14.4 Å². The smallest absolute Gasteiger partial charge is 0.333 e. The van der Waals surface area contributed by atoms with E-state index in [2.05, 4.69) is 36.3 Å². The highest BCUT2D eigenvalue weighted by Gasteiger charge is 2.19. The van der Waals surface area contributed by atoms with Crippen LogP contribution in [0.2, 0.25) is 0 Å². The van der Waals surface area contributed by atoms with Crippen molar-refractivity contribution < 1.29 is 9.21 Å². The molecule has 1 aromatic carbocycles. The first kappa shape index (κ1) is 21.8. The zero-order valence-corrected chi connectivity index (χ0v) is 19.2. The number of nitrogens with one attached hydrogen (secondary N) is 1. The molecule has 0 aliphatic heterocycles. The van der Waals surface area contributed by atoms with E-state index in [0.29, 0.717) is 16.6 Å². The van der Waals surface area contributed by atoms with Crippen molar-refractivity contribution >= 4 is 33.5 Å². The maximum atomic E-state index is 12.6. The molecule has 4 rings (SSSR count). The lowest BCUT2D eigenvalue weighted by Crippen LogP contribution is -2.36. The first-order valence-corrected chi connectivity index (χ1v) is 11.1. The molecule has 0 unspecified atom stereocenters. The van der Waals surface area contributed by atoms with Crippen LogP contribution in [-0.4, -0.2) is 20.0 Å². The van der Waals surface area contributed by atoms with Gasteiger partial charge in [-0.25, -0.2) is 9.78 Å². The van der Waals surface area contributed by atoms with Gasteiger partial charge in [-0.1, -0.05) is 38.1 Å². The van der Waals surface area contributed by atoms with Crippen molar-refractivity contribution in [1.82, 2.24) is 14.1 Å². The van der Waals surface area contributed by atoms with E-state index in [4.69, 9.17) is 4.42 Å². The summed E-state index contributed by atoms with van der Waals surface area (Å²) in [5.74, 6) is 0.274. The van der Waals surface area contributed by atoms with Gasteiger partial charge in [0.2, 0.25) is 11.6 Å². The van der Waals surface area contributed by atoms with Crippen LogP contribution in [0.5, 0.6) is 0 Å². The summed E-state index contributed by atoms with van der Waals surface area (Å²) in [7, 11) is 2.91. The van der Waals surface area contributed by atoms with Crippen molar-refractivity contribution in [2.45, 2.75) is 26.7 Å². The predicted octanol–water partition coefficient (Wildman–Crippen LogP) is 3.33. The zero-order chi connectivity index (χ0) is 23.0. The van der Waals surface area contributed by atoms with Gasteiger partial charge in [-0.15, -0.1) is 11.3 Å². The number of aryl methyl sites for hydroxylation is 1. The highest BCUT2D eigenvalue weighted by molar-refractivity contribution is 7.14. The molecule has 0 bridgehead atoms. The van der Waals surface area contributed by atoms with Crippen molar-refractivity contribution in [1.29, 1.82) is 0 Å².